The summed E-state index contributed by atoms with van der Waals surface area (Å²) in [5.74, 6) is 0.206. The van der Waals surface area contributed by atoms with Gasteiger partial charge >= 0.3 is 0 Å². The molecule has 1 aliphatic heterocycles. The second-order valence-corrected chi connectivity index (χ2v) is 14.6. The molecule has 52 heavy (non-hydrogen) atoms. The minimum Gasteiger partial charge on any atom is -0.333 e. The summed E-state index contributed by atoms with van der Waals surface area (Å²) in [7, 11) is 0. The number of nitriles is 1. The third-order valence-corrected chi connectivity index (χ3v) is 11.4. The monoisotopic (exact) mass is 665 g/mol. The summed E-state index contributed by atoms with van der Waals surface area (Å²) in [4.78, 5) is 7.67. The van der Waals surface area contributed by atoms with E-state index in [9.17, 15) is 5.26 Å². The Labute approximate surface area is 304 Å². The molecule has 3 heteroatoms. The highest BCUT2D eigenvalue weighted by molar-refractivity contribution is 5.99. The molecule has 1 aromatic heterocycles. The lowest BCUT2D eigenvalue weighted by Gasteiger charge is -2.30. The fourth-order valence-electron chi connectivity index (χ4n) is 8.95. The Morgan fingerprint density at radius 3 is 2.29 bits per heavy atom. The maximum Gasteiger partial charge on any atom is 0.0991 e. The van der Waals surface area contributed by atoms with Gasteiger partial charge in [-0.3, -0.25) is 0 Å². The molecule has 0 saturated carbocycles. The van der Waals surface area contributed by atoms with Crippen LogP contribution in [0.5, 0.6) is 0 Å². The van der Waals surface area contributed by atoms with Gasteiger partial charge < -0.3 is 4.90 Å². The van der Waals surface area contributed by atoms with Crippen LogP contribution in [0.3, 0.4) is 0 Å². The predicted molar refractivity (Wildman–Crippen MR) is 214 cm³/mol. The first kappa shape index (κ1) is 30.3. The van der Waals surface area contributed by atoms with Gasteiger partial charge in [-0.25, -0.2) is 4.98 Å². The van der Waals surface area contributed by atoms with E-state index in [2.05, 4.69) is 164 Å². The zero-order valence-corrected chi connectivity index (χ0v) is 29.1. The van der Waals surface area contributed by atoms with E-state index < -0.39 is 0 Å². The van der Waals surface area contributed by atoms with E-state index in [1.807, 2.05) is 24.3 Å². The van der Waals surface area contributed by atoms with E-state index in [1.54, 1.807) is 0 Å². The SMILES string of the molecule is CC1(C)c2ccccc2-c2c1ccc1c2C2C=CC=CC2N1c1cc(-c2cccc(C#N)c2)cc(-c2cc(-c3ccccc3)nc3ccccc23)c1. The standard InChI is InChI=1S/C49H35N3/c1-49(2)41-20-9-6-18-38(41)47-42(49)23-24-46-48(47)39-19-8-11-22-45(39)52(46)36-27-34(33-16-12-13-31(25-33)30-50)26-35(28-36)40-29-44(32-14-4-3-5-15-32)51-43-21-10-7-17-37(40)43/h3-29,39,45H,1-2H3. The van der Waals surface area contributed by atoms with E-state index >= 15 is 0 Å². The van der Waals surface area contributed by atoms with Crippen LogP contribution < -0.4 is 4.90 Å². The fourth-order valence-corrected chi connectivity index (χ4v) is 8.95. The lowest BCUT2D eigenvalue weighted by molar-refractivity contribution is 0.660. The molecular formula is C49H35N3. The van der Waals surface area contributed by atoms with Crippen molar-refractivity contribution in [1.82, 2.24) is 4.98 Å². The van der Waals surface area contributed by atoms with E-state index in [4.69, 9.17) is 4.98 Å². The van der Waals surface area contributed by atoms with Crippen molar-refractivity contribution >= 4 is 22.3 Å². The Balaban J connectivity index is 1.24. The number of pyridine rings is 1. The first-order valence-corrected chi connectivity index (χ1v) is 18.0. The van der Waals surface area contributed by atoms with Crippen LogP contribution in [-0.2, 0) is 5.41 Å². The summed E-state index contributed by atoms with van der Waals surface area (Å²) in [5, 5.41) is 11.0. The molecule has 0 radical (unpaired) electrons. The molecule has 246 valence electrons. The van der Waals surface area contributed by atoms with Crippen LogP contribution in [0.1, 0.15) is 42.0 Å². The topological polar surface area (TPSA) is 39.9 Å². The normalized spacial score (nSPS) is 17.4. The van der Waals surface area contributed by atoms with Crippen LogP contribution in [0.4, 0.5) is 11.4 Å². The van der Waals surface area contributed by atoms with Gasteiger partial charge in [-0.15, -0.1) is 0 Å². The van der Waals surface area contributed by atoms with Gasteiger partial charge in [0.05, 0.1) is 28.9 Å². The fraction of sp³-hybridized carbons (Fsp3) is 0.102. The number of nitrogens with zero attached hydrogens (tertiary/aromatic N) is 3. The third kappa shape index (κ3) is 4.54. The van der Waals surface area contributed by atoms with Crippen LogP contribution in [-0.4, -0.2) is 11.0 Å². The summed E-state index contributed by atoms with van der Waals surface area (Å²) >= 11 is 0. The molecule has 2 atom stereocenters. The Kier molecular flexibility index (Phi) is 6.72. The third-order valence-electron chi connectivity index (χ3n) is 11.4. The van der Waals surface area contributed by atoms with Crippen molar-refractivity contribution in [3.63, 3.8) is 0 Å². The maximum atomic E-state index is 9.87. The molecule has 2 unspecified atom stereocenters. The molecule has 2 heterocycles. The predicted octanol–water partition coefficient (Wildman–Crippen LogP) is 12.1. The van der Waals surface area contributed by atoms with E-state index in [0.717, 1.165) is 50.1 Å². The number of anilines is 2. The molecule has 0 spiro atoms. The number of hydrogen-bond donors (Lipinski definition) is 0. The van der Waals surface area contributed by atoms with Crippen molar-refractivity contribution in [1.29, 1.82) is 5.26 Å². The average Bonchev–Trinajstić information content (AvgIpc) is 3.66. The van der Waals surface area contributed by atoms with Crippen molar-refractivity contribution in [2.24, 2.45) is 0 Å². The highest BCUT2D eigenvalue weighted by atomic mass is 15.2. The van der Waals surface area contributed by atoms with Crippen LogP contribution >= 0.6 is 0 Å². The molecule has 0 fully saturated rings. The summed E-state index contributed by atoms with van der Waals surface area (Å²) in [6.45, 7) is 4.72. The molecular weight excluding hydrogens is 631 g/mol. The Hall–Kier alpha value is -6.50. The van der Waals surface area contributed by atoms with Crippen LogP contribution in [0.25, 0.3) is 55.5 Å². The Morgan fingerprint density at radius 2 is 1.40 bits per heavy atom. The minimum atomic E-state index is -0.0736. The quantitative estimate of drug-likeness (QED) is 0.188. The highest BCUT2D eigenvalue weighted by Gasteiger charge is 2.45. The second kappa shape index (κ2) is 11.5. The van der Waals surface area contributed by atoms with Crippen LogP contribution in [0.15, 0.2) is 164 Å². The van der Waals surface area contributed by atoms with E-state index in [-0.39, 0.29) is 17.4 Å². The Bertz CT molecular complexity index is 2690. The van der Waals surface area contributed by atoms with Gasteiger partial charge in [-0.1, -0.05) is 129 Å². The largest absolute Gasteiger partial charge is 0.333 e. The first-order valence-electron chi connectivity index (χ1n) is 18.0. The average molecular weight is 666 g/mol. The van der Waals surface area contributed by atoms with Gasteiger partial charge in [-0.2, -0.15) is 5.26 Å². The highest BCUT2D eigenvalue weighted by Crippen LogP contribution is 2.58. The lowest BCUT2D eigenvalue weighted by Crippen LogP contribution is -2.28. The smallest absolute Gasteiger partial charge is 0.0991 e. The molecule has 0 bridgehead atoms. The molecule has 6 aromatic carbocycles. The summed E-state index contributed by atoms with van der Waals surface area (Å²) in [6.07, 6.45) is 9.16. The van der Waals surface area contributed by atoms with Crippen molar-refractivity contribution in [2.75, 3.05) is 4.90 Å². The van der Waals surface area contributed by atoms with Crippen LogP contribution in [0, 0.1) is 11.3 Å². The number of aromatic nitrogens is 1. The zero-order valence-electron chi connectivity index (χ0n) is 29.1. The summed E-state index contributed by atoms with van der Waals surface area (Å²) < 4.78 is 0. The number of allylic oxidation sites excluding steroid dienone is 2. The Morgan fingerprint density at radius 1 is 0.635 bits per heavy atom. The van der Waals surface area contributed by atoms with Crippen molar-refractivity contribution in [3.05, 3.63) is 186 Å². The van der Waals surface area contributed by atoms with Gasteiger partial charge in [0.2, 0.25) is 0 Å². The van der Waals surface area contributed by atoms with Crippen LogP contribution in [0.2, 0.25) is 0 Å². The van der Waals surface area contributed by atoms with Gasteiger partial charge in [0.15, 0.2) is 0 Å². The number of fused-ring (bicyclic) bond motifs is 8. The lowest BCUT2D eigenvalue weighted by atomic mass is 9.81. The molecule has 0 amide bonds. The zero-order chi connectivity index (χ0) is 35.0. The van der Waals surface area contributed by atoms with Gasteiger partial charge in [-0.05, 0) is 98.6 Å². The molecule has 2 aliphatic carbocycles. The van der Waals surface area contributed by atoms with Gasteiger partial charge in [0, 0.05) is 33.7 Å². The van der Waals surface area contributed by atoms with E-state index in [0.29, 0.717) is 5.56 Å². The molecule has 0 N–H and O–H groups in total. The van der Waals surface area contributed by atoms with Crippen molar-refractivity contribution < 1.29 is 0 Å². The number of rotatable bonds is 4. The van der Waals surface area contributed by atoms with Crippen molar-refractivity contribution in [2.45, 2.75) is 31.2 Å². The molecule has 10 rings (SSSR count). The molecule has 0 saturated heterocycles. The number of hydrogen-bond acceptors (Lipinski definition) is 3. The van der Waals surface area contributed by atoms with Gasteiger partial charge in [0.25, 0.3) is 0 Å². The second-order valence-electron chi connectivity index (χ2n) is 14.6. The molecule has 3 aliphatic rings. The first-order chi connectivity index (χ1) is 25.5. The molecule has 7 aromatic rings. The minimum absolute atomic E-state index is 0.0736. The maximum absolute atomic E-state index is 9.87. The van der Waals surface area contributed by atoms with E-state index in [1.165, 1.54) is 33.5 Å². The van der Waals surface area contributed by atoms with Gasteiger partial charge in [0.1, 0.15) is 0 Å². The summed E-state index contributed by atoms with van der Waals surface area (Å²) in [6, 6.07) is 52.2. The van der Waals surface area contributed by atoms with Crippen molar-refractivity contribution in [3.8, 4) is 50.7 Å². The molecule has 3 nitrogen and oxygen atoms in total. The number of para-hydroxylation sites is 1. The summed E-state index contributed by atoms with van der Waals surface area (Å²) in [5.41, 5.74) is 17.2. The number of benzene rings is 6.